The van der Waals surface area contributed by atoms with Crippen LogP contribution in [-0.2, 0) is 9.47 Å². The van der Waals surface area contributed by atoms with Crippen molar-refractivity contribution in [3.63, 3.8) is 0 Å². The number of thioether (sulfide) groups is 1. The Morgan fingerprint density at radius 1 is 1.27 bits per heavy atom. The molecule has 6 heteroatoms. The number of benzene rings is 1. The van der Waals surface area contributed by atoms with Gasteiger partial charge in [0.25, 0.3) is 0 Å². The lowest BCUT2D eigenvalue weighted by atomic mass is 9.92. The molecule has 5 atom stereocenters. The zero-order chi connectivity index (χ0) is 16.1. The Hall–Kier alpha value is -1.08. The maximum atomic E-state index is 11.9. The maximum Gasteiger partial charge on any atom is 0.338 e. The second-order valence-electron chi connectivity index (χ2n) is 5.30. The second kappa shape index (κ2) is 7.97. The minimum atomic E-state index is -0.868. The van der Waals surface area contributed by atoms with E-state index in [2.05, 4.69) is 0 Å². The van der Waals surface area contributed by atoms with E-state index in [1.165, 1.54) is 11.8 Å². The van der Waals surface area contributed by atoms with E-state index in [0.29, 0.717) is 5.56 Å². The van der Waals surface area contributed by atoms with E-state index in [0.717, 1.165) is 5.75 Å². The normalized spacial score (nSPS) is 31.7. The SMILES string of the molecule is CCS[C@@H]1OC(COC(=O)c2ccccc2)[C@H](O)[C@H](C)C1O. The fraction of sp³-hybridized carbons (Fsp3) is 0.562. The topological polar surface area (TPSA) is 76.0 Å². The van der Waals surface area contributed by atoms with Crippen LogP contribution in [0.3, 0.4) is 0 Å². The lowest BCUT2D eigenvalue weighted by Gasteiger charge is -2.40. The van der Waals surface area contributed by atoms with Crippen molar-refractivity contribution in [1.29, 1.82) is 0 Å². The molecule has 1 heterocycles. The summed E-state index contributed by atoms with van der Waals surface area (Å²) in [5, 5.41) is 20.3. The molecule has 0 aliphatic carbocycles. The monoisotopic (exact) mass is 326 g/mol. The number of carbonyl (C=O) groups is 1. The summed E-state index contributed by atoms with van der Waals surface area (Å²) >= 11 is 1.48. The van der Waals surface area contributed by atoms with Crippen molar-refractivity contribution < 1.29 is 24.5 Å². The molecule has 1 aromatic rings. The largest absolute Gasteiger partial charge is 0.459 e. The highest BCUT2D eigenvalue weighted by atomic mass is 32.2. The number of rotatable bonds is 5. The first kappa shape index (κ1) is 17.3. The fourth-order valence-corrected chi connectivity index (χ4v) is 3.37. The summed E-state index contributed by atoms with van der Waals surface area (Å²) in [5.41, 5.74) is 0.0455. The first-order valence-corrected chi connectivity index (χ1v) is 8.44. The van der Waals surface area contributed by atoms with E-state index in [4.69, 9.17) is 9.47 Å². The lowest BCUT2D eigenvalue weighted by molar-refractivity contribution is -0.178. The molecule has 0 radical (unpaired) electrons. The molecule has 1 saturated heterocycles. The number of aliphatic hydroxyl groups excluding tert-OH is 2. The molecule has 0 aromatic heterocycles. The van der Waals surface area contributed by atoms with Gasteiger partial charge in [-0.15, -0.1) is 11.8 Å². The summed E-state index contributed by atoms with van der Waals surface area (Å²) in [6.45, 7) is 3.71. The first-order valence-electron chi connectivity index (χ1n) is 7.40. The summed E-state index contributed by atoms with van der Waals surface area (Å²) in [4.78, 5) is 11.9. The third-order valence-electron chi connectivity index (χ3n) is 3.77. The highest BCUT2D eigenvalue weighted by Gasteiger charge is 2.42. The molecule has 5 nitrogen and oxygen atoms in total. The molecule has 2 rings (SSSR count). The highest BCUT2D eigenvalue weighted by Crippen LogP contribution is 2.32. The van der Waals surface area contributed by atoms with Gasteiger partial charge in [-0.25, -0.2) is 4.79 Å². The second-order valence-corrected chi connectivity index (χ2v) is 6.68. The molecule has 0 saturated carbocycles. The standard InChI is InChI=1S/C16H22O5S/c1-3-22-16-14(18)10(2)13(17)12(21-16)9-20-15(19)11-7-5-4-6-8-11/h4-8,10,12-14,16-18H,3,9H2,1-2H3/t10-,12?,13+,14?,16-/m0/s1. The number of hydrogen-bond donors (Lipinski definition) is 2. The Labute approximate surface area is 134 Å². The Kier molecular flexibility index (Phi) is 6.26. The van der Waals surface area contributed by atoms with Gasteiger partial charge in [-0.2, -0.15) is 0 Å². The van der Waals surface area contributed by atoms with Gasteiger partial charge in [0.05, 0.1) is 17.8 Å². The van der Waals surface area contributed by atoms with Crippen LogP contribution in [0.25, 0.3) is 0 Å². The number of hydrogen-bond acceptors (Lipinski definition) is 6. The zero-order valence-corrected chi connectivity index (χ0v) is 13.5. The van der Waals surface area contributed by atoms with Gasteiger partial charge in [-0.3, -0.25) is 0 Å². The van der Waals surface area contributed by atoms with Gasteiger partial charge in [0.1, 0.15) is 18.1 Å². The molecular formula is C16H22O5S. The van der Waals surface area contributed by atoms with Crippen molar-refractivity contribution in [1.82, 2.24) is 0 Å². The summed E-state index contributed by atoms with van der Waals surface area (Å²) in [6.07, 6.45) is -2.23. The predicted octanol–water partition coefficient (Wildman–Crippen LogP) is 1.68. The Morgan fingerprint density at radius 3 is 2.59 bits per heavy atom. The van der Waals surface area contributed by atoms with E-state index in [-0.39, 0.29) is 12.5 Å². The number of esters is 1. The molecule has 0 bridgehead atoms. The molecule has 2 N–H and O–H groups in total. The maximum absolute atomic E-state index is 11.9. The highest BCUT2D eigenvalue weighted by molar-refractivity contribution is 7.99. The van der Waals surface area contributed by atoms with Crippen molar-refractivity contribution in [2.24, 2.45) is 5.92 Å². The molecule has 122 valence electrons. The van der Waals surface area contributed by atoms with Gasteiger partial charge in [-0.05, 0) is 17.9 Å². The molecule has 0 spiro atoms. The first-order chi connectivity index (χ1) is 10.5. The van der Waals surface area contributed by atoms with Crippen LogP contribution in [0.15, 0.2) is 30.3 Å². The van der Waals surface area contributed by atoms with Crippen molar-refractivity contribution in [3.05, 3.63) is 35.9 Å². The molecule has 0 amide bonds. The third-order valence-corrected chi connectivity index (χ3v) is 4.82. The van der Waals surface area contributed by atoms with Crippen LogP contribution in [-0.4, -0.2) is 52.3 Å². The van der Waals surface area contributed by atoms with Crippen LogP contribution in [0.5, 0.6) is 0 Å². The van der Waals surface area contributed by atoms with Gasteiger partial charge in [0.2, 0.25) is 0 Å². The van der Waals surface area contributed by atoms with Crippen molar-refractivity contribution >= 4 is 17.7 Å². The van der Waals surface area contributed by atoms with E-state index >= 15 is 0 Å². The van der Waals surface area contributed by atoms with Crippen LogP contribution in [0.4, 0.5) is 0 Å². The average molecular weight is 326 g/mol. The summed E-state index contributed by atoms with van der Waals surface area (Å²) in [5.74, 6) is 0.00855. The van der Waals surface area contributed by atoms with Crippen LogP contribution >= 0.6 is 11.8 Å². The molecule has 1 aliphatic heterocycles. The van der Waals surface area contributed by atoms with Crippen LogP contribution in [0, 0.1) is 5.92 Å². The van der Waals surface area contributed by atoms with Gasteiger partial charge >= 0.3 is 5.97 Å². The summed E-state index contributed by atoms with van der Waals surface area (Å²) < 4.78 is 10.9. The zero-order valence-electron chi connectivity index (χ0n) is 12.7. The lowest BCUT2D eigenvalue weighted by Crippen LogP contribution is -2.53. The van der Waals surface area contributed by atoms with Gasteiger partial charge in [0.15, 0.2) is 0 Å². The van der Waals surface area contributed by atoms with E-state index in [1.54, 1.807) is 31.2 Å². The van der Waals surface area contributed by atoms with E-state index in [9.17, 15) is 15.0 Å². The smallest absolute Gasteiger partial charge is 0.338 e. The van der Waals surface area contributed by atoms with Gasteiger partial charge in [-0.1, -0.05) is 32.0 Å². The van der Waals surface area contributed by atoms with Crippen LogP contribution in [0.1, 0.15) is 24.2 Å². The summed E-state index contributed by atoms with van der Waals surface area (Å²) in [7, 11) is 0. The number of aliphatic hydroxyl groups is 2. The van der Waals surface area contributed by atoms with Crippen LogP contribution in [0.2, 0.25) is 0 Å². The molecule has 1 aliphatic rings. The third kappa shape index (κ3) is 4.01. The van der Waals surface area contributed by atoms with Gasteiger partial charge < -0.3 is 19.7 Å². The minimum Gasteiger partial charge on any atom is -0.459 e. The average Bonchev–Trinajstić information content (AvgIpc) is 2.55. The quantitative estimate of drug-likeness (QED) is 0.802. The Morgan fingerprint density at radius 2 is 1.95 bits per heavy atom. The Bertz CT molecular complexity index is 481. The summed E-state index contributed by atoms with van der Waals surface area (Å²) in [6, 6.07) is 8.68. The predicted molar refractivity (Wildman–Crippen MR) is 84.7 cm³/mol. The Balaban J connectivity index is 1.94. The van der Waals surface area contributed by atoms with Crippen LogP contribution < -0.4 is 0 Å². The van der Waals surface area contributed by atoms with Crippen molar-refractivity contribution in [3.8, 4) is 0 Å². The van der Waals surface area contributed by atoms with E-state index in [1.807, 2.05) is 13.0 Å². The van der Waals surface area contributed by atoms with Crippen molar-refractivity contribution in [2.45, 2.75) is 37.6 Å². The fourth-order valence-electron chi connectivity index (χ4n) is 2.38. The number of carbonyl (C=O) groups excluding carboxylic acids is 1. The molecule has 1 aromatic carbocycles. The number of ether oxygens (including phenoxy) is 2. The molecule has 1 fully saturated rings. The van der Waals surface area contributed by atoms with E-state index < -0.39 is 29.7 Å². The molecule has 22 heavy (non-hydrogen) atoms. The van der Waals surface area contributed by atoms with Crippen molar-refractivity contribution in [2.75, 3.05) is 12.4 Å². The van der Waals surface area contributed by atoms with Gasteiger partial charge in [0, 0.05) is 5.92 Å². The molecular weight excluding hydrogens is 304 g/mol. The molecule has 2 unspecified atom stereocenters. The minimum absolute atomic E-state index is 0.0350.